The summed E-state index contributed by atoms with van der Waals surface area (Å²) in [5, 5.41) is 0. The molecule has 3 rings (SSSR count). The summed E-state index contributed by atoms with van der Waals surface area (Å²) in [6, 6.07) is 15.2. The summed E-state index contributed by atoms with van der Waals surface area (Å²) in [5.74, 6) is 1.32. The third kappa shape index (κ3) is 3.20. The second-order valence-electron chi connectivity index (χ2n) is 4.94. The minimum Gasteiger partial charge on any atom is -0.486 e. The van der Waals surface area contributed by atoms with E-state index in [2.05, 4.69) is 31.9 Å². The van der Waals surface area contributed by atoms with E-state index in [0.717, 1.165) is 5.56 Å². The predicted octanol–water partition coefficient (Wildman–Crippen LogP) is 4.54. The van der Waals surface area contributed by atoms with Gasteiger partial charge in [-0.05, 0) is 23.8 Å². The molecule has 114 valence electrons. The van der Waals surface area contributed by atoms with Crippen LogP contribution in [0.25, 0.3) is 0 Å². The van der Waals surface area contributed by atoms with Gasteiger partial charge in [-0.1, -0.05) is 62.2 Å². The van der Waals surface area contributed by atoms with Gasteiger partial charge in [0.2, 0.25) is 0 Å². The molecule has 1 aliphatic heterocycles. The maximum absolute atomic E-state index is 12.7. The highest BCUT2D eigenvalue weighted by atomic mass is 79.9. The van der Waals surface area contributed by atoms with Crippen LogP contribution in [0.4, 0.5) is 0 Å². The zero-order valence-corrected chi connectivity index (χ0v) is 14.8. The summed E-state index contributed by atoms with van der Waals surface area (Å²) >= 11 is 7.11. The standard InChI is InChI=1S/C17H14Br2O3/c18-15(11-4-2-1-3-5-11)16(19)17(20)12-6-7-13-14(10-12)22-9-8-21-13/h1-7,10,15-16H,8-9H2/t15-,16+/m0/s1. The number of alkyl halides is 2. The quantitative estimate of drug-likeness (QED) is 0.532. The molecule has 3 nitrogen and oxygen atoms in total. The van der Waals surface area contributed by atoms with Gasteiger partial charge in [-0.3, -0.25) is 4.79 Å². The first kappa shape index (κ1) is 15.6. The smallest absolute Gasteiger partial charge is 0.178 e. The Kier molecular flexibility index (Phi) is 4.84. The molecule has 0 spiro atoms. The maximum atomic E-state index is 12.7. The second kappa shape index (κ2) is 6.84. The Bertz CT molecular complexity index is 673. The van der Waals surface area contributed by atoms with E-state index in [1.54, 1.807) is 18.2 Å². The maximum Gasteiger partial charge on any atom is 0.178 e. The predicted molar refractivity (Wildman–Crippen MR) is 92.6 cm³/mol. The fourth-order valence-electron chi connectivity index (χ4n) is 2.29. The lowest BCUT2D eigenvalue weighted by Crippen LogP contribution is -2.20. The molecule has 1 aliphatic rings. The van der Waals surface area contributed by atoms with Gasteiger partial charge in [0.1, 0.15) is 13.2 Å². The van der Waals surface area contributed by atoms with Gasteiger partial charge in [0, 0.05) is 5.56 Å². The summed E-state index contributed by atoms with van der Waals surface area (Å²) < 4.78 is 11.0. The number of fused-ring (bicyclic) bond motifs is 1. The molecule has 5 heteroatoms. The van der Waals surface area contributed by atoms with Gasteiger partial charge in [-0.15, -0.1) is 0 Å². The summed E-state index contributed by atoms with van der Waals surface area (Å²) in [7, 11) is 0. The SMILES string of the molecule is O=C(c1ccc2c(c1)OCCO2)[C@H](Br)[C@@H](Br)c1ccccc1. The van der Waals surface area contributed by atoms with E-state index in [-0.39, 0.29) is 15.4 Å². The summed E-state index contributed by atoms with van der Waals surface area (Å²) in [4.78, 5) is 12.2. The lowest BCUT2D eigenvalue weighted by atomic mass is 10.0. The topological polar surface area (TPSA) is 35.5 Å². The van der Waals surface area contributed by atoms with Crippen molar-refractivity contribution < 1.29 is 14.3 Å². The number of benzene rings is 2. The minimum absolute atomic E-state index is 0.00250. The Morgan fingerprint density at radius 2 is 1.64 bits per heavy atom. The van der Waals surface area contributed by atoms with Crippen molar-refractivity contribution in [2.45, 2.75) is 9.65 Å². The Morgan fingerprint density at radius 3 is 2.36 bits per heavy atom. The largest absolute Gasteiger partial charge is 0.486 e. The van der Waals surface area contributed by atoms with Crippen LogP contribution in [-0.4, -0.2) is 23.8 Å². The molecule has 0 aromatic heterocycles. The monoisotopic (exact) mass is 424 g/mol. The Labute approximate surface area is 145 Å². The van der Waals surface area contributed by atoms with Gasteiger partial charge in [-0.25, -0.2) is 0 Å². The number of hydrogen-bond donors (Lipinski definition) is 0. The van der Waals surface area contributed by atoms with Crippen LogP contribution in [0.3, 0.4) is 0 Å². The van der Waals surface area contributed by atoms with Crippen molar-refractivity contribution in [3.8, 4) is 11.5 Å². The van der Waals surface area contributed by atoms with Crippen molar-refractivity contribution >= 4 is 37.6 Å². The fraction of sp³-hybridized carbons (Fsp3) is 0.235. The first-order valence-corrected chi connectivity index (χ1v) is 8.77. The van der Waals surface area contributed by atoms with Crippen molar-refractivity contribution in [3.05, 3.63) is 59.7 Å². The highest BCUT2D eigenvalue weighted by Crippen LogP contribution is 2.36. The molecular weight excluding hydrogens is 412 g/mol. The van der Waals surface area contributed by atoms with Crippen molar-refractivity contribution in [3.63, 3.8) is 0 Å². The third-order valence-electron chi connectivity index (χ3n) is 3.45. The number of rotatable bonds is 4. The van der Waals surface area contributed by atoms with Crippen LogP contribution in [0.15, 0.2) is 48.5 Å². The van der Waals surface area contributed by atoms with E-state index in [1.807, 2.05) is 30.3 Å². The van der Waals surface area contributed by atoms with Crippen molar-refractivity contribution in [1.82, 2.24) is 0 Å². The van der Waals surface area contributed by atoms with Gasteiger partial charge < -0.3 is 9.47 Å². The van der Waals surface area contributed by atoms with E-state index in [1.165, 1.54) is 0 Å². The molecule has 0 saturated carbocycles. The first-order valence-electron chi connectivity index (χ1n) is 6.94. The van der Waals surface area contributed by atoms with Crippen molar-refractivity contribution in [2.75, 3.05) is 13.2 Å². The van der Waals surface area contributed by atoms with Gasteiger partial charge in [0.05, 0.1) is 9.65 Å². The van der Waals surface area contributed by atoms with Crippen molar-refractivity contribution in [1.29, 1.82) is 0 Å². The van der Waals surface area contributed by atoms with E-state index in [9.17, 15) is 4.79 Å². The van der Waals surface area contributed by atoms with Crippen LogP contribution >= 0.6 is 31.9 Å². The highest BCUT2D eigenvalue weighted by Gasteiger charge is 2.27. The Morgan fingerprint density at radius 1 is 0.955 bits per heavy atom. The van der Waals surface area contributed by atoms with Gasteiger partial charge in [0.25, 0.3) is 0 Å². The molecule has 0 fully saturated rings. The normalized spacial score (nSPS) is 15.9. The molecule has 0 radical (unpaired) electrons. The molecule has 0 aliphatic carbocycles. The van der Waals surface area contributed by atoms with Crippen LogP contribution in [0.5, 0.6) is 11.5 Å². The van der Waals surface area contributed by atoms with Crippen LogP contribution in [0.2, 0.25) is 0 Å². The third-order valence-corrected chi connectivity index (χ3v) is 6.16. The number of ketones is 1. The summed E-state index contributed by atoms with van der Waals surface area (Å²) in [5.41, 5.74) is 1.65. The average Bonchev–Trinajstić information content (AvgIpc) is 2.60. The lowest BCUT2D eigenvalue weighted by molar-refractivity contribution is 0.0989. The number of hydrogen-bond acceptors (Lipinski definition) is 3. The number of ether oxygens (including phenoxy) is 2. The van der Waals surface area contributed by atoms with E-state index in [0.29, 0.717) is 30.3 Å². The molecule has 0 unspecified atom stereocenters. The molecule has 22 heavy (non-hydrogen) atoms. The Balaban J connectivity index is 1.81. The molecule has 2 aromatic rings. The molecular formula is C17H14Br2O3. The fourth-order valence-corrected chi connectivity index (χ4v) is 3.41. The summed E-state index contributed by atoms with van der Waals surface area (Å²) in [6.07, 6.45) is 0. The van der Waals surface area contributed by atoms with E-state index < -0.39 is 0 Å². The Hall–Kier alpha value is -1.33. The second-order valence-corrected chi connectivity index (χ2v) is 6.91. The lowest BCUT2D eigenvalue weighted by Gasteiger charge is -2.20. The highest BCUT2D eigenvalue weighted by molar-refractivity contribution is 9.12. The molecule has 1 heterocycles. The van der Waals surface area contributed by atoms with Gasteiger partial charge in [-0.2, -0.15) is 0 Å². The first-order chi connectivity index (χ1) is 10.7. The van der Waals surface area contributed by atoms with Gasteiger partial charge >= 0.3 is 0 Å². The zero-order chi connectivity index (χ0) is 15.5. The molecule has 0 amide bonds. The average molecular weight is 426 g/mol. The van der Waals surface area contributed by atoms with Crippen LogP contribution in [-0.2, 0) is 0 Å². The molecule has 0 saturated heterocycles. The van der Waals surface area contributed by atoms with E-state index >= 15 is 0 Å². The van der Waals surface area contributed by atoms with Crippen LogP contribution in [0, 0.1) is 0 Å². The van der Waals surface area contributed by atoms with Crippen LogP contribution in [0.1, 0.15) is 20.7 Å². The molecule has 2 aromatic carbocycles. The number of carbonyl (C=O) groups excluding carboxylic acids is 1. The van der Waals surface area contributed by atoms with Crippen LogP contribution < -0.4 is 9.47 Å². The molecule has 0 N–H and O–H groups in total. The zero-order valence-electron chi connectivity index (χ0n) is 11.7. The number of halogens is 2. The number of Topliss-reactive ketones (excluding diaryl/α,β-unsaturated/α-hetero) is 1. The minimum atomic E-state index is -0.363. The summed E-state index contributed by atoms with van der Waals surface area (Å²) in [6.45, 7) is 1.05. The van der Waals surface area contributed by atoms with Crippen molar-refractivity contribution in [2.24, 2.45) is 0 Å². The van der Waals surface area contributed by atoms with Gasteiger partial charge in [0.15, 0.2) is 17.3 Å². The number of carbonyl (C=O) groups is 1. The molecule has 0 bridgehead atoms. The molecule has 2 atom stereocenters. The van der Waals surface area contributed by atoms with E-state index in [4.69, 9.17) is 9.47 Å².